The van der Waals surface area contributed by atoms with E-state index in [4.69, 9.17) is 17.3 Å². The van der Waals surface area contributed by atoms with Gasteiger partial charge in [0.05, 0.1) is 6.61 Å². The lowest BCUT2D eigenvalue weighted by atomic mass is 10.0. The van der Waals surface area contributed by atoms with E-state index in [1.165, 1.54) is 19.1 Å². The molecule has 0 saturated heterocycles. The van der Waals surface area contributed by atoms with Crippen LogP contribution in [-0.2, 0) is 9.53 Å². The Labute approximate surface area is 116 Å². The van der Waals surface area contributed by atoms with Gasteiger partial charge in [0.2, 0.25) is 0 Å². The highest BCUT2D eigenvalue weighted by Gasteiger charge is 2.48. The summed E-state index contributed by atoms with van der Waals surface area (Å²) in [6.07, 6.45) is 0. The van der Waals surface area contributed by atoms with Gasteiger partial charge in [-0.2, -0.15) is 8.78 Å². The molecule has 0 aliphatic rings. The third kappa shape index (κ3) is 3.18. The van der Waals surface area contributed by atoms with Crippen molar-refractivity contribution < 1.29 is 18.3 Å². The van der Waals surface area contributed by atoms with Crippen LogP contribution in [0.4, 0.5) is 8.78 Å². The van der Waals surface area contributed by atoms with Gasteiger partial charge >= 0.3 is 11.9 Å². The maximum absolute atomic E-state index is 13.7. The number of hydrogen-bond donors (Lipinski definition) is 1. The number of halogens is 4. The number of esters is 1. The molecular weight excluding hydrogens is 331 g/mol. The Morgan fingerprint density at radius 2 is 2.22 bits per heavy atom. The highest BCUT2D eigenvalue weighted by atomic mass is 79.9. The Bertz CT molecular complexity index is 457. The van der Waals surface area contributed by atoms with Crippen molar-refractivity contribution in [3.63, 3.8) is 0 Å². The molecule has 2 N–H and O–H groups in total. The molecule has 3 nitrogen and oxygen atoms in total. The average molecular weight is 343 g/mol. The largest absolute Gasteiger partial charge is 0.462 e. The zero-order valence-corrected chi connectivity index (χ0v) is 11.8. The van der Waals surface area contributed by atoms with Gasteiger partial charge < -0.3 is 10.5 Å². The van der Waals surface area contributed by atoms with Gasteiger partial charge in [0.1, 0.15) is 6.04 Å². The summed E-state index contributed by atoms with van der Waals surface area (Å²) < 4.78 is 32.3. The Morgan fingerprint density at radius 3 is 2.78 bits per heavy atom. The number of ether oxygens (including phenoxy) is 1. The molecule has 0 fully saturated rings. The van der Waals surface area contributed by atoms with Crippen molar-refractivity contribution in [1.29, 1.82) is 0 Å². The van der Waals surface area contributed by atoms with E-state index in [1.807, 2.05) is 0 Å². The van der Waals surface area contributed by atoms with Gasteiger partial charge in [0.15, 0.2) is 0 Å². The molecule has 1 atom stereocenters. The average Bonchev–Trinajstić information content (AvgIpc) is 2.31. The Balaban J connectivity index is 3.08. The number of carbonyl (C=O) groups excluding carboxylic acids is 1. The zero-order chi connectivity index (χ0) is 13.9. The predicted molar refractivity (Wildman–Crippen MR) is 67.7 cm³/mol. The zero-order valence-electron chi connectivity index (χ0n) is 9.42. The van der Waals surface area contributed by atoms with Gasteiger partial charge in [-0.25, -0.2) is 4.79 Å². The number of rotatable bonds is 4. The number of nitrogens with two attached hydrogens (primary N) is 1. The number of benzene rings is 1. The summed E-state index contributed by atoms with van der Waals surface area (Å²) in [5.74, 6) is -5.49. The van der Waals surface area contributed by atoms with E-state index in [0.29, 0.717) is 4.47 Å². The van der Waals surface area contributed by atoms with Crippen molar-refractivity contribution >= 4 is 33.5 Å². The second-order valence-electron chi connectivity index (χ2n) is 3.49. The molecule has 0 spiro atoms. The summed E-state index contributed by atoms with van der Waals surface area (Å²) >= 11 is 8.92. The van der Waals surface area contributed by atoms with Crippen LogP contribution in [0.15, 0.2) is 22.7 Å². The van der Waals surface area contributed by atoms with E-state index in [1.54, 1.807) is 6.07 Å². The molecule has 0 aliphatic heterocycles. The first-order chi connectivity index (χ1) is 8.30. The molecule has 0 heterocycles. The van der Waals surface area contributed by atoms with Crippen LogP contribution >= 0.6 is 27.5 Å². The fraction of sp³-hybridized carbons (Fsp3) is 0.364. The Morgan fingerprint density at radius 1 is 1.61 bits per heavy atom. The predicted octanol–water partition coefficient (Wildman–Crippen LogP) is 3.30. The van der Waals surface area contributed by atoms with Crippen LogP contribution in [0.1, 0.15) is 18.5 Å². The monoisotopic (exact) mass is 341 g/mol. The van der Waals surface area contributed by atoms with E-state index in [9.17, 15) is 13.6 Å². The maximum atomic E-state index is 13.7. The molecule has 1 aromatic rings. The molecule has 0 saturated carbocycles. The quantitative estimate of drug-likeness (QED) is 0.854. The van der Waals surface area contributed by atoms with E-state index < -0.39 is 17.9 Å². The summed E-state index contributed by atoms with van der Waals surface area (Å²) in [6.45, 7) is 1.29. The SMILES string of the molecule is CCOC(=O)C(F)(F)[C@@H](N)c1cc(Br)ccc1Cl. The van der Waals surface area contributed by atoms with Crippen LogP contribution in [0, 0.1) is 0 Å². The minimum atomic E-state index is -3.83. The third-order valence-electron chi connectivity index (χ3n) is 2.23. The van der Waals surface area contributed by atoms with Gasteiger partial charge in [-0.3, -0.25) is 0 Å². The van der Waals surface area contributed by atoms with Gasteiger partial charge in [0, 0.05) is 9.50 Å². The topological polar surface area (TPSA) is 52.3 Å². The third-order valence-corrected chi connectivity index (χ3v) is 3.07. The minimum absolute atomic E-state index is 0.0240. The number of alkyl halides is 2. The molecule has 18 heavy (non-hydrogen) atoms. The second kappa shape index (κ2) is 5.95. The van der Waals surface area contributed by atoms with Crippen molar-refractivity contribution in [3.8, 4) is 0 Å². The second-order valence-corrected chi connectivity index (χ2v) is 4.81. The Hall–Kier alpha value is -0.720. The summed E-state index contributed by atoms with van der Waals surface area (Å²) in [5, 5.41) is 0.0645. The van der Waals surface area contributed by atoms with Crippen LogP contribution in [0.5, 0.6) is 0 Å². The summed E-state index contributed by atoms with van der Waals surface area (Å²) in [4.78, 5) is 11.2. The highest BCUT2D eigenvalue weighted by Crippen LogP contribution is 2.35. The molecule has 0 aliphatic carbocycles. The van der Waals surface area contributed by atoms with Crippen molar-refractivity contribution in [1.82, 2.24) is 0 Å². The maximum Gasteiger partial charge on any atom is 0.379 e. The normalized spacial score (nSPS) is 13.2. The Kier molecular flexibility index (Phi) is 5.07. The fourth-order valence-corrected chi connectivity index (χ4v) is 1.92. The van der Waals surface area contributed by atoms with Crippen LogP contribution in [0.25, 0.3) is 0 Å². The van der Waals surface area contributed by atoms with E-state index >= 15 is 0 Å². The summed E-state index contributed by atoms with van der Waals surface area (Å²) in [7, 11) is 0. The molecule has 1 aromatic carbocycles. The number of carbonyl (C=O) groups is 1. The summed E-state index contributed by atoms with van der Waals surface area (Å²) in [5.41, 5.74) is 5.39. The van der Waals surface area contributed by atoms with Crippen LogP contribution < -0.4 is 5.73 Å². The molecule has 0 aromatic heterocycles. The van der Waals surface area contributed by atoms with Gasteiger partial charge in [-0.1, -0.05) is 27.5 Å². The standard InChI is InChI=1S/C11H11BrClF2NO2/c1-2-18-10(17)11(14,15)9(16)7-5-6(12)3-4-8(7)13/h3-5,9H,2,16H2,1H3/t9-/m0/s1. The molecule has 0 amide bonds. The molecule has 7 heteroatoms. The molecule has 0 unspecified atom stereocenters. The molecule has 0 radical (unpaired) electrons. The smallest absolute Gasteiger partial charge is 0.379 e. The first kappa shape index (κ1) is 15.3. The van der Waals surface area contributed by atoms with Gasteiger partial charge in [-0.05, 0) is 30.7 Å². The fourth-order valence-electron chi connectivity index (χ4n) is 1.30. The lowest BCUT2D eigenvalue weighted by Crippen LogP contribution is -2.41. The van der Waals surface area contributed by atoms with E-state index in [0.717, 1.165) is 0 Å². The first-order valence-electron chi connectivity index (χ1n) is 5.06. The van der Waals surface area contributed by atoms with E-state index in [-0.39, 0.29) is 17.2 Å². The minimum Gasteiger partial charge on any atom is -0.462 e. The summed E-state index contributed by atoms with van der Waals surface area (Å²) in [6, 6.07) is 2.49. The van der Waals surface area contributed by atoms with Crippen molar-refractivity contribution in [2.24, 2.45) is 5.73 Å². The first-order valence-corrected chi connectivity index (χ1v) is 6.23. The number of hydrogen-bond acceptors (Lipinski definition) is 3. The molecular formula is C11H11BrClF2NO2. The lowest BCUT2D eigenvalue weighted by molar-refractivity contribution is -0.174. The van der Waals surface area contributed by atoms with Crippen molar-refractivity contribution in [2.45, 2.75) is 18.9 Å². The molecule has 0 bridgehead atoms. The van der Waals surface area contributed by atoms with E-state index in [2.05, 4.69) is 20.7 Å². The lowest BCUT2D eigenvalue weighted by Gasteiger charge is -2.22. The van der Waals surface area contributed by atoms with Crippen molar-refractivity contribution in [2.75, 3.05) is 6.61 Å². The van der Waals surface area contributed by atoms with Gasteiger partial charge in [-0.15, -0.1) is 0 Å². The van der Waals surface area contributed by atoms with Crippen molar-refractivity contribution in [3.05, 3.63) is 33.3 Å². The van der Waals surface area contributed by atoms with Crippen LogP contribution in [0.3, 0.4) is 0 Å². The van der Waals surface area contributed by atoms with Crippen LogP contribution in [-0.4, -0.2) is 18.5 Å². The molecule has 100 valence electrons. The van der Waals surface area contributed by atoms with Crippen LogP contribution in [0.2, 0.25) is 5.02 Å². The highest BCUT2D eigenvalue weighted by molar-refractivity contribution is 9.10. The van der Waals surface area contributed by atoms with Gasteiger partial charge in [0.25, 0.3) is 0 Å². The molecule has 1 rings (SSSR count).